The summed E-state index contributed by atoms with van der Waals surface area (Å²) in [6.45, 7) is 3.58. The van der Waals surface area contributed by atoms with Crippen LogP contribution in [0.1, 0.15) is 31.9 Å². The number of Topliss-reactive ketones (excluding diaryl/α,β-unsaturated/α-hetero) is 1. The third-order valence-corrected chi connectivity index (χ3v) is 1.62. The van der Waals surface area contributed by atoms with Gasteiger partial charge in [-0.3, -0.25) is 0 Å². The fraction of sp³-hybridized carbons (Fsp3) is 0.444. The molecule has 0 N–H and O–H groups in total. The molecule has 0 unspecified atom stereocenters. The Morgan fingerprint density at radius 3 is 2.91 bits per heavy atom. The van der Waals surface area contributed by atoms with Gasteiger partial charge in [-0.2, -0.15) is 0 Å². The van der Waals surface area contributed by atoms with Crippen LogP contribution in [0.25, 0.3) is 0 Å². The molecule has 1 rings (SSSR count). The Bertz CT molecular complexity index is 224. The molecule has 0 aliphatic heterocycles. The Labute approximate surface area is 66.2 Å². The molecule has 1 aromatic heterocycles. The standard InChI is InChI=1S/C9H12O2/c1-7(6-8(2)10)9-4-3-5-11-9/h3-5,7H,6H2,1-2H3/t7-/m1/s1. The lowest BCUT2D eigenvalue weighted by Gasteiger charge is -2.03. The first-order valence-electron chi connectivity index (χ1n) is 3.73. The van der Waals surface area contributed by atoms with E-state index >= 15 is 0 Å². The number of ketones is 1. The maximum absolute atomic E-state index is 10.7. The van der Waals surface area contributed by atoms with Gasteiger partial charge < -0.3 is 9.21 Å². The van der Waals surface area contributed by atoms with Gasteiger partial charge in [-0.15, -0.1) is 0 Å². The first-order chi connectivity index (χ1) is 5.20. The molecule has 60 valence electrons. The Balaban J connectivity index is 2.56. The minimum absolute atomic E-state index is 0.203. The zero-order valence-corrected chi connectivity index (χ0v) is 6.83. The third-order valence-electron chi connectivity index (χ3n) is 1.62. The smallest absolute Gasteiger partial charge is 0.130 e. The summed E-state index contributed by atoms with van der Waals surface area (Å²) in [5, 5.41) is 0. The van der Waals surface area contributed by atoms with Crippen LogP contribution in [-0.4, -0.2) is 5.78 Å². The highest BCUT2D eigenvalue weighted by molar-refractivity contribution is 5.76. The summed E-state index contributed by atoms with van der Waals surface area (Å²) in [5.41, 5.74) is 0. The first kappa shape index (κ1) is 8.05. The predicted octanol–water partition coefficient (Wildman–Crippen LogP) is 2.36. The van der Waals surface area contributed by atoms with Crippen molar-refractivity contribution in [3.05, 3.63) is 24.2 Å². The lowest BCUT2D eigenvalue weighted by atomic mass is 10.0. The summed E-state index contributed by atoms with van der Waals surface area (Å²) in [6.07, 6.45) is 2.19. The molecule has 1 heterocycles. The lowest BCUT2D eigenvalue weighted by molar-refractivity contribution is -0.117. The van der Waals surface area contributed by atoms with Crippen LogP contribution < -0.4 is 0 Å². The molecule has 0 aliphatic rings. The highest BCUT2D eigenvalue weighted by Crippen LogP contribution is 2.18. The normalized spacial score (nSPS) is 12.9. The van der Waals surface area contributed by atoms with Crippen LogP contribution in [0.15, 0.2) is 22.8 Å². The van der Waals surface area contributed by atoms with E-state index in [0.717, 1.165) is 5.76 Å². The summed E-state index contributed by atoms with van der Waals surface area (Å²) in [4.78, 5) is 10.7. The first-order valence-corrected chi connectivity index (χ1v) is 3.73. The predicted molar refractivity (Wildman–Crippen MR) is 42.4 cm³/mol. The van der Waals surface area contributed by atoms with E-state index in [0.29, 0.717) is 6.42 Å². The molecular weight excluding hydrogens is 140 g/mol. The Kier molecular flexibility index (Phi) is 2.47. The number of hydrogen-bond acceptors (Lipinski definition) is 2. The van der Waals surface area contributed by atoms with Crippen molar-refractivity contribution in [1.29, 1.82) is 0 Å². The molecule has 0 spiro atoms. The minimum atomic E-state index is 0.203. The summed E-state index contributed by atoms with van der Waals surface area (Å²) in [5.74, 6) is 1.30. The van der Waals surface area contributed by atoms with E-state index in [4.69, 9.17) is 4.42 Å². The molecule has 0 radical (unpaired) electrons. The minimum Gasteiger partial charge on any atom is -0.469 e. The van der Waals surface area contributed by atoms with Crippen LogP contribution in [0.2, 0.25) is 0 Å². The Morgan fingerprint density at radius 2 is 2.45 bits per heavy atom. The van der Waals surface area contributed by atoms with E-state index in [1.165, 1.54) is 0 Å². The van der Waals surface area contributed by atoms with Crippen LogP contribution in [0.5, 0.6) is 0 Å². The molecule has 0 bridgehead atoms. The van der Waals surface area contributed by atoms with Gasteiger partial charge in [0.2, 0.25) is 0 Å². The zero-order chi connectivity index (χ0) is 8.27. The number of furan rings is 1. The van der Waals surface area contributed by atoms with E-state index in [-0.39, 0.29) is 11.7 Å². The number of rotatable bonds is 3. The Hall–Kier alpha value is -1.05. The van der Waals surface area contributed by atoms with Crippen molar-refractivity contribution in [2.24, 2.45) is 0 Å². The van der Waals surface area contributed by atoms with Gasteiger partial charge in [0, 0.05) is 12.3 Å². The van der Waals surface area contributed by atoms with Gasteiger partial charge in [0.05, 0.1) is 6.26 Å². The van der Waals surface area contributed by atoms with Gasteiger partial charge >= 0.3 is 0 Å². The van der Waals surface area contributed by atoms with Crippen molar-refractivity contribution in [2.75, 3.05) is 0 Å². The van der Waals surface area contributed by atoms with E-state index in [9.17, 15) is 4.79 Å². The molecule has 1 aromatic rings. The van der Waals surface area contributed by atoms with Crippen LogP contribution in [0.3, 0.4) is 0 Å². The zero-order valence-electron chi connectivity index (χ0n) is 6.83. The molecular formula is C9H12O2. The quantitative estimate of drug-likeness (QED) is 0.665. The topological polar surface area (TPSA) is 30.2 Å². The maximum atomic E-state index is 10.7. The lowest BCUT2D eigenvalue weighted by Crippen LogP contribution is -1.98. The van der Waals surface area contributed by atoms with Crippen molar-refractivity contribution in [3.63, 3.8) is 0 Å². The fourth-order valence-electron chi connectivity index (χ4n) is 1.10. The average Bonchev–Trinajstić information content (AvgIpc) is 2.35. The van der Waals surface area contributed by atoms with Crippen molar-refractivity contribution < 1.29 is 9.21 Å². The second-order valence-corrected chi connectivity index (χ2v) is 2.82. The van der Waals surface area contributed by atoms with E-state index in [1.807, 2.05) is 19.1 Å². The summed E-state index contributed by atoms with van der Waals surface area (Å²) >= 11 is 0. The van der Waals surface area contributed by atoms with Gasteiger partial charge in [-0.05, 0) is 19.1 Å². The molecule has 11 heavy (non-hydrogen) atoms. The molecule has 0 fully saturated rings. The SMILES string of the molecule is CC(=O)C[C@@H](C)c1ccco1. The highest BCUT2D eigenvalue weighted by Gasteiger charge is 2.09. The van der Waals surface area contributed by atoms with Gasteiger partial charge in [0.1, 0.15) is 11.5 Å². The molecule has 0 aromatic carbocycles. The highest BCUT2D eigenvalue weighted by atomic mass is 16.3. The second-order valence-electron chi connectivity index (χ2n) is 2.82. The molecule has 0 amide bonds. The van der Waals surface area contributed by atoms with Crippen molar-refractivity contribution in [1.82, 2.24) is 0 Å². The van der Waals surface area contributed by atoms with Crippen molar-refractivity contribution >= 4 is 5.78 Å². The average molecular weight is 152 g/mol. The van der Waals surface area contributed by atoms with Crippen LogP contribution >= 0.6 is 0 Å². The maximum Gasteiger partial charge on any atom is 0.130 e. The molecule has 0 saturated carbocycles. The summed E-state index contributed by atoms with van der Waals surface area (Å²) in [7, 11) is 0. The molecule has 0 saturated heterocycles. The molecule has 0 aliphatic carbocycles. The monoisotopic (exact) mass is 152 g/mol. The largest absolute Gasteiger partial charge is 0.469 e. The van der Waals surface area contributed by atoms with Gasteiger partial charge in [0.15, 0.2) is 0 Å². The van der Waals surface area contributed by atoms with E-state index in [1.54, 1.807) is 13.2 Å². The van der Waals surface area contributed by atoms with Gasteiger partial charge in [-0.25, -0.2) is 0 Å². The van der Waals surface area contributed by atoms with Crippen molar-refractivity contribution in [2.45, 2.75) is 26.2 Å². The van der Waals surface area contributed by atoms with E-state index < -0.39 is 0 Å². The fourth-order valence-corrected chi connectivity index (χ4v) is 1.10. The number of carbonyl (C=O) groups excluding carboxylic acids is 1. The Morgan fingerprint density at radius 1 is 1.73 bits per heavy atom. The van der Waals surface area contributed by atoms with Crippen molar-refractivity contribution in [3.8, 4) is 0 Å². The third kappa shape index (κ3) is 2.22. The van der Waals surface area contributed by atoms with Crippen LogP contribution in [-0.2, 0) is 4.79 Å². The van der Waals surface area contributed by atoms with Crippen LogP contribution in [0, 0.1) is 0 Å². The number of hydrogen-bond donors (Lipinski definition) is 0. The molecule has 2 nitrogen and oxygen atoms in total. The van der Waals surface area contributed by atoms with E-state index in [2.05, 4.69) is 0 Å². The van der Waals surface area contributed by atoms with Gasteiger partial charge in [0.25, 0.3) is 0 Å². The molecule has 1 atom stereocenters. The molecule has 2 heteroatoms. The van der Waals surface area contributed by atoms with Gasteiger partial charge in [-0.1, -0.05) is 6.92 Å². The summed E-state index contributed by atoms with van der Waals surface area (Å²) < 4.78 is 5.14. The second kappa shape index (κ2) is 3.37. The van der Waals surface area contributed by atoms with Crippen LogP contribution in [0.4, 0.5) is 0 Å². The number of carbonyl (C=O) groups is 1. The summed E-state index contributed by atoms with van der Waals surface area (Å²) in [6, 6.07) is 3.74.